The average molecular weight is 280 g/mol. The van der Waals surface area contributed by atoms with Gasteiger partial charge in [-0.15, -0.1) is 0 Å². The third kappa shape index (κ3) is 6.68. The Bertz CT molecular complexity index is 356. The quantitative estimate of drug-likeness (QED) is 0.263. The highest BCUT2D eigenvalue weighted by Crippen LogP contribution is 2.25. The number of nitrogens with two attached hydrogens (primary N) is 2. The van der Waals surface area contributed by atoms with E-state index in [0.717, 1.165) is 12.8 Å². The minimum absolute atomic E-state index is 0.278. The standard InChI is InChI=1S/C9H21N4O4P/c1-3-4-5-6-9(2,13(15)16)7-8(14)12-18(10,11)17/h3-7H2,1-2H3,(H5,10,11,12,14,17). The summed E-state index contributed by atoms with van der Waals surface area (Å²) in [6, 6.07) is 0. The van der Waals surface area contributed by atoms with Crippen LogP contribution in [0.4, 0.5) is 0 Å². The van der Waals surface area contributed by atoms with Crippen molar-refractivity contribution in [2.75, 3.05) is 0 Å². The zero-order valence-corrected chi connectivity index (χ0v) is 11.6. The molecule has 18 heavy (non-hydrogen) atoms. The lowest BCUT2D eigenvalue weighted by Gasteiger charge is -2.20. The summed E-state index contributed by atoms with van der Waals surface area (Å²) in [6.45, 7) is 3.37. The Labute approximate surface area is 106 Å². The van der Waals surface area contributed by atoms with Gasteiger partial charge in [-0.2, -0.15) is 0 Å². The fourth-order valence-corrected chi connectivity index (χ4v) is 2.05. The van der Waals surface area contributed by atoms with Crippen molar-refractivity contribution < 1.29 is 14.3 Å². The van der Waals surface area contributed by atoms with Gasteiger partial charge < -0.3 is 0 Å². The van der Waals surface area contributed by atoms with Crippen LogP contribution in [0, 0.1) is 10.1 Å². The maximum atomic E-state index is 11.5. The molecule has 0 bridgehead atoms. The molecule has 0 aliphatic heterocycles. The number of nitrogens with zero attached hydrogens (tertiary/aromatic N) is 1. The van der Waals surface area contributed by atoms with Gasteiger partial charge in [-0.1, -0.05) is 19.8 Å². The van der Waals surface area contributed by atoms with Crippen molar-refractivity contribution in [2.24, 2.45) is 11.0 Å². The molecule has 9 heteroatoms. The van der Waals surface area contributed by atoms with Crippen LogP contribution in [0.2, 0.25) is 0 Å². The first-order valence-electron chi connectivity index (χ1n) is 5.73. The molecule has 1 amide bonds. The van der Waals surface area contributed by atoms with E-state index in [4.69, 9.17) is 11.0 Å². The summed E-state index contributed by atoms with van der Waals surface area (Å²) in [5.41, 5.74) is 8.59. The molecular weight excluding hydrogens is 259 g/mol. The monoisotopic (exact) mass is 280 g/mol. The molecule has 0 radical (unpaired) electrons. The third-order valence-corrected chi connectivity index (χ3v) is 3.20. The van der Waals surface area contributed by atoms with Crippen molar-refractivity contribution in [3.63, 3.8) is 0 Å². The largest absolute Gasteiger partial charge is 0.300 e. The number of hydrogen-bond acceptors (Lipinski definition) is 4. The van der Waals surface area contributed by atoms with Gasteiger partial charge in [0.15, 0.2) is 0 Å². The van der Waals surface area contributed by atoms with E-state index in [9.17, 15) is 19.5 Å². The van der Waals surface area contributed by atoms with Gasteiger partial charge in [0.1, 0.15) is 0 Å². The van der Waals surface area contributed by atoms with Crippen LogP contribution in [0.5, 0.6) is 0 Å². The van der Waals surface area contributed by atoms with Gasteiger partial charge in [0.2, 0.25) is 11.4 Å². The van der Waals surface area contributed by atoms with Crippen LogP contribution < -0.4 is 16.1 Å². The Kier molecular flexibility index (Phi) is 6.45. The number of hydrogen-bond donors (Lipinski definition) is 3. The minimum atomic E-state index is -3.69. The normalized spacial score (nSPS) is 14.9. The minimum Gasteiger partial charge on any atom is -0.283 e. The van der Waals surface area contributed by atoms with Gasteiger partial charge in [0, 0.05) is 18.3 Å². The predicted octanol–water partition coefficient (Wildman–Crippen LogP) is 1.13. The SMILES string of the molecule is CCCCCC(C)(CC(=O)NP(N)(N)=O)[N+](=O)[O-]. The third-order valence-electron chi connectivity index (χ3n) is 2.60. The van der Waals surface area contributed by atoms with Crippen molar-refractivity contribution in [1.82, 2.24) is 5.09 Å². The molecule has 1 unspecified atom stereocenters. The molecule has 0 aromatic rings. The summed E-state index contributed by atoms with van der Waals surface area (Å²) in [5.74, 6) is -0.765. The van der Waals surface area contributed by atoms with Gasteiger partial charge in [-0.3, -0.25) is 35.6 Å². The molecule has 106 valence electrons. The molecule has 0 saturated heterocycles. The molecule has 0 fully saturated rings. The lowest BCUT2D eigenvalue weighted by atomic mass is 9.91. The lowest BCUT2D eigenvalue weighted by molar-refractivity contribution is -0.565. The van der Waals surface area contributed by atoms with Crippen LogP contribution in [0.25, 0.3) is 0 Å². The molecule has 8 nitrogen and oxygen atoms in total. The Morgan fingerprint density at radius 3 is 2.39 bits per heavy atom. The Balaban J connectivity index is 4.56. The second kappa shape index (κ2) is 6.82. The maximum Gasteiger partial charge on any atom is 0.300 e. The highest BCUT2D eigenvalue weighted by atomic mass is 31.2. The van der Waals surface area contributed by atoms with Crippen LogP contribution in [-0.4, -0.2) is 16.4 Å². The zero-order valence-electron chi connectivity index (χ0n) is 10.7. The van der Waals surface area contributed by atoms with E-state index in [2.05, 4.69) is 0 Å². The molecule has 0 spiro atoms. The van der Waals surface area contributed by atoms with Gasteiger partial charge in [-0.25, -0.2) is 0 Å². The zero-order chi connectivity index (χ0) is 14.4. The van der Waals surface area contributed by atoms with Gasteiger partial charge >= 0.3 is 0 Å². The van der Waals surface area contributed by atoms with Crippen LogP contribution in [0.15, 0.2) is 0 Å². The Hall–Kier alpha value is -0.980. The molecule has 0 aliphatic rings. The topological polar surface area (TPSA) is 141 Å². The van der Waals surface area contributed by atoms with Gasteiger partial charge in [0.25, 0.3) is 7.59 Å². The average Bonchev–Trinajstić information content (AvgIpc) is 2.14. The van der Waals surface area contributed by atoms with E-state index in [0.29, 0.717) is 6.42 Å². The highest BCUT2D eigenvalue weighted by molar-refractivity contribution is 7.57. The first kappa shape index (κ1) is 17.0. The molecule has 1 atom stereocenters. The fourth-order valence-electron chi connectivity index (χ4n) is 1.58. The van der Waals surface area contributed by atoms with Crippen molar-refractivity contribution >= 4 is 13.5 Å². The number of nitro groups is 1. The number of carbonyl (C=O) groups is 1. The van der Waals surface area contributed by atoms with E-state index >= 15 is 0 Å². The van der Waals surface area contributed by atoms with Crippen molar-refractivity contribution in [1.29, 1.82) is 0 Å². The van der Waals surface area contributed by atoms with E-state index in [-0.39, 0.29) is 12.8 Å². The van der Waals surface area contributed by atoms with Crippen LogP contribution in [0.3, 0.4) is 0 Å². The number of unbranched alkanes of at least 4 members (excludes halogenated alkanes) is 2. The molecule has 0 rings (SSSR count). The summed E-state index contributed by atoms with van der Waals surface area (Å²) in [6.07, 6.45) is 2.34. The summed E-state index contributed by atoms with van der Waals surface area (Å²) >= 11 is 0. The molecule has 0 saturated carbocycles. The molecule has 0 aliphatic carbocycles. The number of nitrogens with one attached hydrogen (secondary N) is 1. The van der Waals surface area contributed by atoms with E-state index < -0.39 is 24.0 Å². The molecular formula is C9H21N4O4P. The van der Waals surface area contributed by atoms with Crippen molar-refractivity contribution in [2.45, 2.75) is 51.5 Å². The fraction of sp³-hybridized carbons (Fsp3) is 0.889. The molecule has 5 N–H and O–H groups in total. The second-order valence-corrected chi connectivity index (χ2v) is 6.27. The maximum absolute atomic E-state index is 11.5. The predicted molar refractivity (Wildman–Crippen MR) is 68.3 cm³/mol. The molecule has 0 aromatic carbocycles. The summed E-state index contributed by atoms with van der Waals surface area (Å²) < 4.78 is 11.0. The summed E-state index contributed by atoms with van der Waals surface area (Å²) in [5, 5.41) is 12.9. The van der Waals surface area contributed by atoms with E-state index in [1.165, 1.54) is 6.92 Å². The van der Waals surface area contributed by atoms with Gasteiger partial charge in [-0.05, 0) is 6.42 Å². The molecule has 0 heterocycles. The van der Waals surface area contributed by atoms with Gasteiger partial charge in [0.05, 0.1) is 6.42 Å². The first-order chi connectivity index (χ1) is 8.10. The number of rotatable bonds is 8. The highest BCUT2D eigenvalue weighted by Gasteiger charge is 2.39. The van der Waals surface area contributed by atoms with Crippen molar-refractivity contribution in [3.8, 4) is 0 Å². The van der Waals surface area contributed by atoms with Crippen LogP contribution in [0.1, 0.15) is 46.0 Å². The van der Waals surface area contributed by atoms with E-state index in [1.807, 2.05) is 12.0 Å². The number of carbonyl (C=O) groups excluding carboxylic acids is 1. The van der Waals surface area contributed by atoms with Crippen LogP contribution in [-0.2, 0) is 9.36 Å². The first-order valence-corrected chi connectivity index (χ1v) is 7.58. The summed E-state index contributed by atoms with van der Waals surface area (Å²) in [4.78, 5) is 22.0. The van der Waals surface area contributed by atoms with E-state index in [1.54, 1.807) is 0 Å². The Morgan fingerprint density at radius 2 is 2.00 bits per heavy atom. The summed E-state index contributed by atoms with van der Waals surface area (Å²) in [7, 11) is -3.69. The Morgan fingerprint density at radius 1 is 1.44 bits per heavy atom. The van der Waals surface area contributed by atoms with Crippen molar-refractivity contribution in [3.05, 3.63) is 10.1 Å². The second-order valence-electron chi connectivity index (χ2n) is 4.63. The smallest absolute Gasteiger partial charge is 0.283 e. The number of amides is 1. The lowest BCUT2D eigenvalue weighted by Crippen LogP contribution is -2.41. The molecule has 0 aromatic heterocycles. The van der Waals surface area contributed by atoms with Crippen LogP contribution >= 0.6 is 7.59 Å².